The highest BCUT2D eigenvalue weighted by Gasteiger charge is 2.37. The fourth-order valence-electron chi connectivity index (χ4n) is 4.50. The number of benzene rings is 2. The van der Waals surface area contributed by atoms with Crippen molar-refractivity contribution in [2.75, 3.05) is 16.5 Å². The number of nitrogens with zero attached hydrogens (tertiary/aromatic N) is 1. The Bertz CT molecular complexity index is 1340. The molecule has 5 rings (SSSR count). The molecular weight excluding hydrogens is 462 g/mol. The standard InChI is InChI=1S/C27H23N3O4S/c1-35(34)23-9-5-4-8-21(23)27(33)28-18-11-13-19(14-12-18)30-22-15-10-17-6-2-3-7-20(17)26(22)29-24(31)16-25(30)32/h2-5,7-15,26H,6,16H2,1H3,(H,28,33)(H,29,31). The van der Waals surface area contributed by atoms with E-state index in [1.165, 1.54) is 6.26 Å². The lowest BCUT2D eigenvalue weighted by molar-refractivity contribution is -0.127. The number of rotatable bonds is 4. The van der Waals surface area contributed by atoms with Gasteiger partial charge < -0.3 is 15.2 Å². The fourth-order valence-corrected chi connectivity index (χ4v) is 5.24. The van der Waals surface area contributed by atoms with E-state index >= 15 is 0 Å². The Balaban J connectivity index is 1.43. The van der Waals surface area contributed by atoms with Crippen LogP contribution in [0.2, 0.25) is 0 Å². The predicted molar refractivity (Wildman–Crippen MR) is 135 cm³/mol. The first-order chi connectivity index (χ1) is 16.9. The van der Waals surface area contributed by atoms with E-state index in [0.717, 1.165) is 17.6 Å². The van der Waals surface area contributed by atoms with Crippen LogP contribution < -0.4 is 15.5 Å². The van der Waals surface area contributed by atoms with Crippen molar-refractivity contribution in [1.82, 2.24) is 5.32 Å². The van der Waals surface area contributed by atoms with Crippen molar-refractivity contribution in [3.8, 4) is 0 Å². The first kappa shape index (κ1) is 22.9. The molecular formula is C27H23N3O4S. The molecule has 0 spiro atoms. The topological polar surface area (TPSA) is 102 Å². The number of fused-ring (bicyclic) bond motifs is 3. The third-order valence-electron chi connectivity index (χ3n) is 6.13. The molecule has 1 aliphatic heterocycles. The molecule has 2 unspecified atom stereocenters. The lowest BCUT2D eigenvalue weighted by Crippen LogP contribution is -2.41. The SMILES string of the molecule is C[S+]([O-])c1ccccc1C(=O)Nc1ccc(N2C(=O)CC(=O)NC3C4=CC=CCC4=CC=C32)cc1. The molecule has 3 aliphatic rings. The highest BCUT2D eigenvalue weighted by Crippen LogP contribution is 2.36. The molecule has 2 aromatic carbocycles. The van der Waals surface area contributed by atoms with Gasteiger partial charge in [0, 0.05) is 11.4 Å². The van der Waals surface area contributed by atoms with Crippen LogP contribution in [0.25, 0.3) is 0 Å². The van der Waals surface area contributed by atoms with E-state index in [9.17, 15) is 18.9 Å². The Morgan fingerprint density at radius 1 is 1.09 bits per heavy atom. The van der Waals surface area contributed by atoms with Crippen molar-refractivity contribution in [1.29, 1.82) is 0 Å². The number of carbonyl (C=O) groups excluding carboxylic acids is 3. The lowest BCUT2D eigenvalue weighted by atomic mass is 9.86. The average Bonchev–Trinajstić information content (AvgIpc) is 2.99. The maximum Gasteiger partial charge on any atom is 0.260 e. The van der Waals surface area contributed by atoms with E-state index in [1.807, 2.05) is 24.3 Å². The van der Waals surface area contributed by atoms with Gasteiger partial charge in [-0.3, -0.25) is 19.3 Å². The maximum absolute atomic E-state index is 13.1. The number of allylic oxidation sites excluding steroid dienone is 5. The third kappa shape index (κ3) is 4.45. The summed E-state index contributed by atoms with van der Waals surface area (Å²) in [5, 5.41) is 5.81. The van der Waals surface area contributed by atoms with E-state index in [-0.39, 0.29) is 24.1 Å². The summed E-state index contributed by atoms with van der Waals surface area (Å²) in [6.07, 6.45) is 11.9. The van der Waals surface area contributed by atoms with E-state index < -0.39 is 17.2 Å². The summed E-state index contributed by atoms with van der Waals surface area (Å²) in [7, 11) is 0. The van der Waals surface area contributed by atoms with Gasteiger partial charge in [-0.2, -0.15) is 0 Å². The van der Waals surface area contributed by atoms with Crippen LogP contribution in [-0.4, -0.2) is 34.6 Å². The number of carbonyl (C=O) groups is 3. The second-order valence-corrected chi connectivity index (χ2v) is 9.74. The van der Waals surface area contributed by atoms with E-state index in [0.29, 0.717) is 27.5 Å². The van der Waals surface area contributed by atoms with Crippen LogP contribution in [0.3, 0.4) is 0 Å². The first-order valence-electron chi connectivity index (χ1n) is 11.2. The van der Waals surface area contributed by atoms with Gasteiger partial charge in [-0.15, -0.1) is 0 Å². The largest absolute Gasteiger partial charge is 0.612 e. The molecule has 176 valence electrons. The van der Waals surface area contributed by atoms with Crippen LogP contribution >= 0.6 is 0 Å². The summed E-state index contributed by atoms with van der Waals surface area (Å²) in [5.74, 6) is -1.01. The molecule has 0 saturated carbocycles. The molecule has 1 heterocycles. The number of hydrogen-bond acceptors (Lipinski definition) is 4. The van der Waals surface area contributed by atoms with Crippen LogP contribution in [0, 0.1) is 0 Å². The van der Waals surface area contributed by atoms with Crippen molar-refractivity contribution in [3.63, 3.8) is 0 Å². The zero-order valence-electron chi connectivity index (χ0n) is 19.0. The Morgan fingerprint density at radius 2 is 1.86 bits per heavy atom. The van der Waals surface area contributed by atoms with Gasteiger partial charge in [0.15, 0.2) is 4.90 Å². The normalized spacial score (nSPS) is 19.9. The zero-order valence-corrected chi connectivity index (χ0v) is 19.8. The van der Waals surface area contributed by atoms with Crippen LogP contribution in [-0.2, 0) is 20.8 Å². The van der Waals surface area contributed by atoms with Crippen molar-refractivity contribution in [3.05, 3.63) is 101 Å². The smallest absolute Gasteiger partial charge is 0.260 e. The highest BCUT2D eigenvalue weighted by atomic mass is 32.2. The Kier molecular flexibility index (Phi) is 6.15. The maximum atomic E-state index is 13.1. The van der Waals surface area contributed by atoms with Crippen LogP contribution in [0.1, 0.15) is 23.2 Å². The van der Waals surface area contributed by atoms with E-state index in [2.05, 4.69) is 16.7 Å². The quantitative estimate of drug-likeness (QED) is 0.510. The molecule has 7 nitrogen and oxygen atoms in total. The van der Waals surface area contributed by atoms with Gasteiger partial charge in [-0.1, -0.05) is 36.4 Å². The van der Waals surface area contributed by atoms with Crippen molar-refractivity contribution >= 4 is 40.3 Å². The predicted octanol–water partition coefficient (Wildman–Crippen LogP) is 3.61. The van der Waals surface area contributed by atoms with Gasteiger partial charge in [0.1, 0.15) is 12.7 Å². The summed E-state index contributed by atoms with van der Waals surface area (Å²) in [5.41, 5.74) is 4.25. The third-order valence-corrected chi connectivity index (χ3v) is 7.11. The molecule has 1 fully saturated rings. The Labute approximate surface area is 206 Å². The van der Waals surface area contributed by atoms with Crippen molar-refractivity contribution in [2.45, 2.75) is 23.8 Å². The summed E-state index contributed by atoms with van der Waals surface area (Å²) in [6, 6.07) is 13.2. The summed E-state index contributed by atoms with van der Waals surface area (Å²) >= 11 is -1.30. The van der Waals surface area contributed by atoms with Crippen LogP contribution in [0.15, 0.2) is 101 Å². The molecule has 2 aliphatic carbocycles. The second-order valence-electron chi connectivity index (χ2n) is 8.40. The average molecular weight is 486 g/mol. The molecule has 0 aromatic heterocycles. The molecule has 1 saturated heterocycles. The molecule has 8 heteroatoms. The van der Waals surface area contributed by atoms with Crippen molar-refractivity contribution in [2.24, 2.45) is 0 Å². The van der Waals surface area contributed by atoms with Gasteiger partial charge in [-0.25, -0.2) is 0 Å². The summed E-state index contributed by atoms with van der Waals surface area (Å²) < 4.78 is 12.0. The Morgan fingerprint density at radius 3 is 2.63 bits per heavy atom. The van der Waals surface area contributed by atoms with Crippen LogP contribution in [0.5, 0.6) is 0 Å². The molecule has 3 amide bonds. The second kappa shape index (κ2) is 9.40. The first-order valence-corrected chi connectivity index (χ1v) is 12.7. The monoisotopic (exact) mass is 485 g/mol. The van der Waals surface area contributed by atoms with Gasteiger partial charge in [0.05, 0.1) is 17.3 Å². The van der Waals surface area contributed by atoms with Gasteiger partial charge in [0.25, 0.3) is 5.91 Å². The molecule has 0 bridgehead atoms. The molecule has 35 heavy (non-hydrogen) atoms. The minimum absolute atomic E-state index is 0.254. The van der Waals surface area contributed by atoms with Gasteiger partial charge in [0.2, 0.25) is 11.8 Å². The number of nitrogens with one attached hydrogen (secondary N) is 2. The zero-order chi connectivity index (χ0) is 24.5. The molecule has 0 radical (unpaired) electrons. The van der Waals surface area contributed by atoms with Gasteiger partial charge in [-0.05, 0) is 71.2 Å². The minimum atomic E-state index is -1.30. The Hall–Kier alpha value is -3.88. The molecule has 2 aromatic rings. The summed E-state index contributed by atoms with van der Waals surface area (Å²) in [4.78, 5) is 40.4. The van der Waals surface area contributed by atoms with Crippen molar-refractivity contribution < 1.29 is 18.9 Å². The van der Waals surface area contributed by atoms with Gasteiger partial charge >= 0.3 is 0 Å². The number of anilines is 2. The molecule has 2 N–H and O–H groups in total. The number of hydrogen-bond donors (Lipinski definition) is 2. The minimum Gasteiger partial charge on any atom is -0.612 e. The van der Waals surface area contributed by atoms with Crippen LogP contribution in [0.4, 0.5) is 11.4 Å². The summed E-state index contributed by atoms with van der Waals surface area (Å²) in [6.45, 7) is 0. The molecule has 2 atom stereocenters. The van der Waals surface area contributed by atoms with E-state index in [1.54, 1.807) is 53.4 Å². The van der Waals surface area contributed by atoms with E-state index in [4.69, 9.17) is 0 Å². The highest BCUT2D eigenvalue weighted by molar-refractivity contribution is 7.90. The fraction of sp³-hybridized carbons (Fsp3) is 0.148. The number of amides is 3. The lowest BCUT2D eigenvalue weighted by Gasteiger charge is -2.33.